The van der Waals surface area contributed by atoms with Crippen LogP contribution in [0.25, 0.3) is 0 Å². The Morgan fingerprint density at radius 3 is 2.60 bits per heavy atom. The first-order chi connectivity index (χ1) is 9.27. The fourth-order valence-corrected chi connectivity index (χ4v) is 2.85. The highest BCUT2D eigenvalue weighted by atomic mass is 127. The van der Waals surface area contributed by atoms with Crippen molar-refractivity contribution < 1.29 is 27.9 Å². The third-order valence-corrected chi connectivity index (χ3v) is 4.53. The zero-order valence-electron chi connectivity index (χ0n) is 10.4. The molecule has 0 heterocycles. The molecule has 2 N–H and O–H groups in total. The van der Waals surface area contributed by atoms with Gasteiger partial charge in [-0.3, -0.25) is 4.79 Å². The Hall–Kier alpha value is -1.20. The molecule has 0 bridgehead atoms. The van der Waals surface area contributed by atoms with Gasteiger partial charge >= 0.3 is 11.9 Å². The summed E-state index contributed by atoms with van der Waals surface area (Å²) in [5, 5.41) is 8.95. The lowest BCUT2D eigenvalue weighted by atomic mass is 10.2. The number of halogens is 1. The van der Waals surface area contributed by atoms with Crippen molar-refractivity contribution in [2.45, 2.75) is 11.8 Å². The number of sulfonamides is 1. The van der Waals surface area contributed by atoms with Gasteiger partial charge in [-0.15, -0.1) is 0 Å². The Morgan fingerprint density at radius 2 is 2.05 bits per heavy atom. The average Bonchev–Trinajstić information content (AvgIpc) is 2.37. The first-order valence-corrected chi connectivity index (χ1v) is 8.02. The number of rotatable bonds is 6. The number of carboxylic acids is 1. The van der Waals surface area contributed by atoms with Crippen LogP contribution in [0.1, 0.15) is 17.3 Å². The summed E-state index contributed by atoms with van der Waals surface area (Å²) in [5.41, 5.74) is -0.121. The number of hydrogen-bond donors (Lipinski definition) is 2. The summed E-state index contributed by atoms with van der Waals surface area (Å²) >= 11 is 1.79. The zero-order chi connectivity index (χ0) is 15.3. The summed E-state index contributed by atoms with van der Waals surface area (Å²) in [7, 11) is -3.96. The first-order valence-electron chi connectivity index (χ1n) is 5.46. The third-order valence-electron chi connectivity index (χ3n) is 2.19. The largest absolute Gasteiger partial charge is 0.478 e. The van der Waals surface area contributed by atoms with E-state index in [2.05, 4.69) is 4.74 Å². The average molecular weight is 413 g/mol. The number of nitrogens with one attached hydrogen (secondary N) is 1. The molecule has 1 aromatic carbocycles. The van der Waals surface area contributed by atoms with E-state index < -0.39 is 28.5 Å². The monoisotopic (exact) mass is 413 g/mol. The fourth-order valence-electron chi connectivity index (χ4n) is 1.28. The molecule has 20 heavy (non-hydrogen) atoms. The van der Waals surface area contributed by atoms with Crippen molar-refractivity contribution in [2.24, 2.45) is 0 Å². The van der Waals surface area contributed by atoms with E-state index in [1.165, 1.54) is 12.1 Å². The third kappa shape index (κ3) is 4.42. The molecule has 0 aromatic heterocycles. The number of hydrogen-bond acceptors (Lipinski definition) is 5. The van der Waals surface area contributed by atoms with Crippen LogP contribution in [0.4, 0.5) is 0 Å². The lowest BCUT2D eigenvalue weighted by Crippen LogP contribution is -2.30. The van der Waals surface area contributed by atoms with Crippen LogP contribution in [0.5, 0.6) is 0 Å². The lowest BCUT2D eigenvalue weighted by molar-refractivity contribution is -0.141. The van der Waals surface area contributed by atoms with Crippen LogP contribution in [0.15, 0.2) is 23.1 Å². The maximum absolute atomic E-state index is 11.9. The molecule has 7 nitrogen and oxygen atoms in total. The molecular formula is C11H12INO6S. The summed E-state index contributed by atoms with van der Waals surface area (Å²) in [6.07, 6.45) is 0. The second-order valence-corrected chi connectivity index (χ2v) is 6.51. The predicted molar refractivity (Wildman–Crippen MR) is 77.9 cm³/mol. The van der Waals surface area contributed by atoms with E-state index >= 15 is 0 Å². The molecule has 1 aromatic rings. The number of ether oxygens (including phenoxy) is 1. The van der Waals surface area contributed by atoms with Crippen LogP contribution in [0.3, 0.4) is 0 Å². The Balaban J connectivity index is 2.96. The molecule has 0 saturated heterocycles. The van der Waals surface area contributed by atoms with Crippen LogP contribution in [0.2, 0.25) is 0 Å². The molecule has 0 aliphatic heterocycles. The van der Waals surface area contributed by atoms with Gasteiger partial charge in [0.05, 0.1) is 17.1 Å². The number of carbonyl (C=O) groups is 2. The molecule has 0 spiro atoms. The minimum Gasteiger partial charge on any atom is -0.478 e. The Morgan fingerprint density at radius 1 is 1.40 bits per heavy atom. The van der Waals surface area contributed by atoms with Gasteiger partial charge in [0.1, 0.15) is 6.54 Å². The van der Waals surface area contributed by atoms with Crippen LogP contribution in [-0.4, -0.2) is 38.6 Å². The second-order valence-electron chi connectivity index (χ2n) is 3.58. The molecule has 0 unspecified atom stereocenters. The highest BCUT2D eigenvalue weighted by Gasteiger charge is 2.19. The molecule has 0 aliphatic rings. The number of aromatic carboxylic acids is 1. The highest BCUT2D eigenvalue weighted by molar-refractivity contribution is 14.1. The van der Waals surface area contributed by atoms with Gasteiger partial charge in [-0.2, -0.15) is 4.72 Å². The van der Waals surface area contributed by atoms with Gasteiger partial charge in [-0.05, 0) is 47.7 Å². The van der Waals surface area contributed by atoms with Gasteiger partial charge in [0.25, 0.3) is 0 Å². The van der Waals surface area contributed by atoms with E-state index in [0.29, 0.717) is 3.57 Å². The molecule has 0 atom stereocenters. The molecule has 1 rings (SSSR count). The molecule has 110 valence electrons. The summed E-state index contributed by atoms with van der Waals surface area (Å²) in [5.74, 6) is -1.93. The lowest BCUT2D eigenvalue weighted by Gasteiger charge is -2.08. The van der Waals surface area contributed by atoms with Crippen LogP contribution < -0.4 is 4.72 Å². The zero-order valence-corrected chi connectivity index (χ0v) is 13.4. The number of esters is 1. The van der Waals surface area contributed by atoms with Gasteiger partial charge in [-0.1, -0.05) is 0 Å². The molecule has 0 fully saturated rings. The van der Waals surface area contributed by atoms with E-state index in [1.807, 2.05) is 4.72 Å². The van der Waals surface area contributed by atoms with E-state index in [-0.39, 0.29) is 17.1 Å². The van der Waals surface area contributed by atoms with Crippen molar-refractivity contribution >= 4 is 44.6 Å². The van der Waals surface area contributed by atoms with E-state index in [9.17, 15) is 18.0 Å². The quantitative estimate of drug-likeness (QED) is 0.528. The smallest absolute Gasteiger partial charge is 0.336 e. The Bertz CT molecular complexity index is 628. The van der Waals surface area contributed by atoms with E-state index in [4.69, 9.17) is 5.11 Å². The van der Waals surface area contributed by atoms with Crippen LogP contribution in [-0.2, 0) is 19.6 Å². The van der Waals surface area contributed by atoms with Gasteiger partial charge in [0, 0.05) is 3.57 Å². The Labute approximate surface area is 129 Å². The molecule has 0 radical (unpaired) electrons. The molecule has 0 amide bonds. The van der Waals surface area contributed by atoms with Gasteiger partial charge in [0.2, 0.25) is 10.0 Å². The summed E-state index contributed by atoms with van der Waals surface area (Å²) in [4.78, 5) is 21.8. The van der Waals surface area contributed by atoms with E-state index in [0.717, 1.165) is 6.07 Å². The number of carboxylic acid groups (broad SMARTS) is 1. The van der Waals surface area contributed by atoms with Crippen molar-refractivity contribution in [2.75, 3.05) is 13.2 Å². The van der Waals surface area contributed by atoms with Gasteiger partial charge in [0.15, 0.2) is 0 Å². The predicted octanol–water partition coefficient (Wildman–Crippen LogP) is 0.831. The fraction of sp³-hybridized carbons (Fsp3) is 0.273. The van der Waals surface area contributed by atoms with Crippen molar-refractivity contribution in [1.29, 1.82) is 0 Å². The molecule has 0 aliphatic carbocycles. The summed E-state index contributed by atoms with van der Waals surface area (Å²) < 4.78 is 30.9. The highest BCUT2D eigenvalue weighted by Crippen LogP contribution is 2.17. The maximum Gasteiger partial charge on any atom is 0.336 e. The van der Waals surface area contributed by atoms with Crippen molar-refractivity contribution in [3.8, 4) is 0 Å². The topological polar surface area (TPSA) is 110 Å². The maximum atomic E-state index is 11.9. The van der Waals surface area contributed by atoms with Crippen molar-refractivity contribution in [3.63, 3.8) is 0 Å². The molecular weight excluding hydrogens is 401 g/mol. The van der Waals surface area contributed by atoms with Gasteiger partial charge in [-0.25, -0.2) is 13.2 Å². The normalized spacial score (nSPS) is 11.1. The van der Waals surface area contributed by atoms with Crippen LogP contribution >= 0.6 is 22.6 Å². The van der Waals surface area contributed by atoms with E-state index in [1.54, 1.807) is 29.5 Å². The Kier molecular flexibility index (Phi) is 5.89. The van der Waals surface area contributed by atoms with Gasteiger partial charge < -0.3 is 9.84 Å². The standard InChI is InChI=1S/C11H12INO6S/c1-2-19-10(14)6-13-20(17,18)7-3-4-9(12)8(5-7)11(15)16/h3-5,13H,2,6H2,1H3,(H,15,16). The summed E-state index contributed by atoms with van der Waals surface area (Å²) in [6.45, 7) is 1.24. The minimum absolute atomic E-state index is 0.121. The minimum atomic E-state index is -3.96. The summed E-state index contributed by atoms with van der Waals surface area (Å²) in [6, 6.07) is 3.68. The number of carbonyl (C=O) groups excluding carboxylic acids is 1. The first kappa shape index (κ1) is 16.9. The van der Waals surface area contributed by atoms with Crippen LogP contribution in [0, 0.1) is 3.57 Å². The SMILES string of the molecule is CCOC(=O)CNS(=O)(=O)c1ccc(I)c(C(=O)O)c1. The van der Waals surface area contributed by atoms with Crippen molar-refractivity contribution in [1.82, 2.24) is 4.72 Å². The number of benzene rings is 1. The molecule has 9 heteroatoms. The second kappa shape index (κ2) is 6.99. The van der Waals surface area contributed by atoms with Crippen molar-refractivity contribution in [3.05, 3.63) is 27.3 Å². The molecule has 0 saturated carbocycles.